The van der Waals surface area contributed by atoms with E-state index in [9.17, 15) is 0 Å². The van der Waals surface area contributed by atoms with Gasteiger partial charge in [-0.15, -0.1) is 0 Å². The van der Waals surface area contributed by atoms with Gasteiger partial charge < -0.3 is 4.90 Å². The molecule has 0 radical (unpaired) electrons. The molecule has 0 aromatic heterocycles. The predicted molar refractivity (Wildman–Crippen MR) is 86.3 cm³/mol. The van der Waals surface area contributed by atoms with Crippen molar-refractivity contribution in [1.82, 2.24) is 0 Å². The molecule has 1 saturated carbocycles. The number of fused-ring (bicyclic) bond motifs is 1. The lowest BCUT2D eigenvalue weighted by Crippen LogP contribution is -2.45. The lowest BCUT2D eigenvalue weighted by atomic mass is 9.85. The van der Waals surface area contributed by atoms with Gasteiger partial charge in [0.25, 0.3) is 0 Å². The van der Waals surface area contributed by atoms with Crippen LogP contribution in [0.25, 0.3) is 0 Å². The molecule has 0 saturated heterocycles. The number of aryl methyl sites for hydroxylation is 1. The third-order valence-electron chi connectivity index (χ3n) is 5.17. The Labute approximate surface area is 122 Å². The Morgan fingerprint density at radius 1 is 1.26 bits per heavy atom. The molecule has 0 amide bonds. The van der Waals surface area contributed by atoms with Crippen LogP contribution < -0.4 is 4.90 Å². The van der Waals surface area contributed by atoms with Gasteiger partial charge in [-0.05, 0) is 55.4 Å². The number of benzene rings is 1. The minimum absolute atomic E-state index is 0.460. The van der Waals surface area contributed by atoms with E-state index in [2.05, 4.69) is 48.7 Å². The number of rotatable bonds is 3. The number of anilines is 1. The summed E-state index contributed by atoms with van der Waals surface area (Å²) in [6, 6.07) is 9.65. The van der Waals surface area contributed by atoms with Crippen LogP contribution >= 0.6 is 12.6 Å². The number of hydrogen-bond donors (Lipinski definition) is 1. The normalized spacial score (nSPS) is 25.4. The van der Waals surface area contributed by atoms with E-state index in [1.54, 1.807) is 0 Å². The molecular formula is C17H25NS. The fourth-order valence-electron chi connectivity index (χ4n) is 3.85. The average Bonchev–Trinajstić information content (AvgIpc) is 2.91. The third kappa shape index (κ3) is 2.52. The molecule has 1 unspecified atom stereocenters. The van der Waals surface area contributed by atoms with Gasteiger partial charge in [0.2, 0.25) is 0 Å². The molecule has 1 aromatic carbocycles. The van der Waals surface area contributed by atoms with E-state index in [0.29, 0.717) is 11.5 Å². The van der Waals surface area contributed by atoms with E-state index in [-0.39, 0.29) is 0 Å². The molecule has 2 aliphatic rings. The zero-order chi connectivity index (χ0) is 13.3. The summed E-state index contributed by atoms with van der Waals surface area (Å²) in [5.74, 6) is 1.04. The molecule has 1 fully saturated rings. The second-order valence-electron chi connectivity index (χ2n) is 6.51. The first-order valence-corrected chi connectivity index (χ1v) is 8.33. The highest BCUT2D eigenvalue weighted by Crippen LogP contribution is 2.42. The molecule has 1 aliphatic heterocycles. The zero-order valence-corrected chi connectivity index (χ0v) is 12.8. The molecule has 0 spiro atoms. The molecule has 0 bridgehead atoms. The van der Waals surface area contributed by atoms with Gasteiger partial charge in [0.15, 0.2) is 0 Å². The van der Waals surface area contributed by atoms with Crippen molar-refractivity contribution in [3.05, 3.63) is 29.8 Å². The fourth-order valence-corrected chi connectivity index (χ4v) is 4.27. The van der Waals surface area contributed by atoms with Crippen molar-refractivity contribution in [2.45, 2.75) is 51.5 Å². The third-order valence-corrected chi connectivity index (χ3v) is 5.84. The number of para-hydroxylation sites is 1. The Bertz CT molecular complexity index is 437. The van der Waals surface area contributed by atoms with Gasteiger partial charge in [-0.1, -0.05) is 31.0 Å². The maximum Gasteiger partial charge on any atom is 0.0401 e. The van der Waals surface area contributed by atoms with E-state index in [4.69, 9.17) is 0 Å². The predicted octanol–water partition coefficient (Wildman–Crippen LogP) is 4.32. The molecule has 19 heavy (non-hydrogen) atoms. The molecule has 1 atom stereocenters. The first kappa shape index (κ1) is 13.4. The van der Waals surface area contributed by atoms with Gasteiger partial charge in [0.05, 0.1) is 0 Å². The lowest BCUT2D eigenvalue weighted by Gasteiger charge is -2.43. The largest absolute Gasteiger partial charge is 0.368 e. The first-order chi connectivity index (χ1) is 9.24. The topological polar surface area (TPSA) is 3.24 Å². The summed E-state index contributed by atoms with van der Waals surface area (Å²) in [5.41, 5.74) is 3.48. The molecule has 3 rings (SSSR count). The second kappa shape index (κ2) is 5.40. The summed E-state index contributed by atoms with van der Waals surface area (Å²) in [5, 5.41) is 0. The Balaban J connectivity index is 1.87. The monoisotopic (exact) mass is 275 g/mol. The SMILES string of the molecule is CC1CCc2ccccc2N1CC1(CS)CCCC1. The maximum atomic E-state index is 4.67. The summed E-state index contributed by atoms with van der Waals surface area (Å²) >= 11 is 4.67. The summed E-state index contributed by atoms with van der Waals surface area (Å²) in [4.78, 5) is 2.67. The highest BCUT2D eigenvalue weighted by atomic mass is 32.1. The van der Waals surface area contributed by atoms with E-state index in [1.807, 2.05) is 0 Å². The van der Waals surface area contributed by atoms with Crippen LogP contribution in [-0.4, -0.2) is 18.3 Å². The molecular weight excluding hydrogens is 250 g/mol. The minimum Gasteiger partial charge on any atom is -0.368 e. The summed E-state index contributed by atoms with van der Waals surface area (Å²) in [6.45, 7) is 3.59. The molecule has 1 aliphatic carbocycles. The Kier molecular flexibility index (Phi) is 3.79. The van der Waals surface area contributed by atoms with Crippen LogP contribution in [-0.2, 0) is 6.42 Å². The minimum atomic E-state index is 0.460. The summed E-state index contributed by atoms with van der Waals surface area (Å²) < 4.78 is 0. The highest BCUT2D eigenvalue weighted by Gasteiger charge is 2.36. The fraction of sp³-hybridized carbons (Fsp3) is 0.647. The van der Waals surface area contributed by atoms with Crippen LogP contribution in [0.4, 0.5) is 5.69 Å². The van der Waals surface area contributed by atoms with E-state index < -0.39 is 0 Å². The number of thiol groups is 1. The Morgan fingerprint density at radius 2 is 2.00 bits per heavy atom. The molecule has 2 heteroatoms. The van der Waals surface area contributed by atoms with Gasteiger partial charge in [-0.2, -0.15) is 12.6 Å². The smallest absolute Gasteiger partial charge is 0.0401 e. The van der Waals surface area contributed by atoms with Crippen molar-refractivity contribution < 1.29 is 0 Å². The van der Waals surface area contributed by atoms with Crippen molar-refractivity contribution in [3.8, 4) is 0 Å². The van der Waals surface area contributed by atoms with Crippen molar-refractivity contribution in [1.29, 1.82) is 0 Å². The van der Waals surface area contributed by atoms with Gasteiger partial charge in [0, 0.05) is 18.3 Å². The van der Waals surface area contributed by atoms with Crippen molar-refractivity contribution in [2.24, 2.45) is 5.41 Å². The van der Waals surface area contributed by atoms with Crippen LogP contribution in [0.2, 0.25) is 0 Å². The van der Waals surface area contributed by atoms with Gasteiger partial charge in [0.1, 0.15) is 0 Å². The quantitative estimate of drug-likeness (QED) is 0.804. The van der Waals surface area contributed by atoms with Crippen molar-refractivity contribution >= 4 is 18.3 Å². The molecule has 0 N–H and O–H groups in total. The van der Waals surface area contributed by atoms with Crippen molar-refractivity contribution in [2.75, 3.05) is 17.2 Å². The van der Waals surface area contributed by atoms with Gasteiger partial charge in [-0.25, -0.2) is 0 Å². The zero-order valence-electron chi connectivity index (χ0n) is 11.9. The van der Waals surface area contributed by atoms with Gasteiger partial charge in [-0.3, -0.25) is 0 Å². The molecule has 1 nitrogen and oxygen atoms in total. The maximum absolute atomic E-state index is 4.67. The van der Waals surface area contributed by atoms with E-state index in [0.717, 1.165) is 5.75 Å². The second-order valence-corrected chi connectivity index (χ2v) is 6.83. The van der Waals surface area contributed by atoms with Crippen LogP contribution in [0, 0.1) is 5.41 Å². The molecule has 104 valence electrons. The standard InChI is InChI=1S/C17H25NS/c1-14-8-9-15-6-2-3-7-16(15)18(14)12-17(13-19)10-4-5-11-17/h2-3,6-7,14,19H,4-5,8-13H2,1H3. The number of nitrogens with zero attached hydrogens (tertiary/aromatic N) is 1. The average molecular weight is 275 g/mol. The lowest BCUT2D eigenvalue weighted by molar-refractivity contribution is 0.331. The Hall–Kier alpha value is -0.630. The molecule has 1 aromatic rings. The first-order valence-electron chi connectivity index (χ1n) is 7.69. The van der Waals surface area contributed by atoms with Crippen molar-refractivity contribution in [3.63, 3.8) is 0 Å². The molecule has 1 heterocycles. The van der Waals surface area contributed by atoms with Gasteiger partial charge >= 0.3 is 0 Å². The summed E-state index contributed by atoms with van der Waals surface area (Å²) in [7, 11) is 0. The Morgan fingerprint density at radius 3 is 2.74 bits per heavy atom. The van der Waals surface area contributed by atoms with Crippen LogP contribution in [0.1, 0.15) is 44.6 Å². The summed E-state index contributed by atoms with van der Waals surface area (Å²) in [6.07, 6.45) is 8.04. The van der Waals surface area contributed by atoms with Crippen LogP contribution in [0.5, 0.6) is 0 Å². The van der Waals surface area contributed by atoms with E-state index in [1.165, 1.54) is 56.3 Å². The van der Waals surface area contributed by atoms with E-state index >= 15 is 0 Å². The highest BCUT2D eigenvalue weighted by molar-refractivity contribution is 7.80. The van der Waals surface area contributed by atoms with Crippen LogP contribution in [0.3, 0.4) is 0 Å². The van der Waals surface area contributed by atoms with Crippen LogP contribution in [0.15, 0.2) is 24.3 Å². The number of hydrogen-bond acceptors (Lipinski definition) is 2.